The maximum absolute atomic E-state index is 14.4. The number of nitrogens with one attached hydrogen (secondary N) is 1. The third-order valence-electron chi connectivity index (χ3n) is 7.45. The molecule has 7 nitrogen and oxygen atoms in total. The van der Waals surface area contributed by atoms with Gasteiger partial charge in [-0.3, -0.25) is 13.9 Å². The van der Waals surface area contributed by atoms with Crippen molar-refractivity contribution in [2.75, 3.05) is 10.8 Å². The van der Waals surface area contributed by atoms with Crippen LogP contribution in [0, 0.1) is 6.92 Å². The highest BCUT2D eigenvalue weighted by atomic mass is 35.5. The Kier molecular flexibility index (Phi) is 11.2. The SMILES string of the molecule is CC[C@@H](C)NC(=O)[C@@H](Cc1ccccc1)N(Cc1ccccc1)C(=O)CN(c1cccc(Cl)c1)S(=O)(=O)c1ccc(C)cc1. The van der Waals surface area contributed by atoms with Gasteiger partial charge in [-0.2, -0.15) is 0 Å². The van der Waals surface area contributed by atoms with Gasteiger partial charge in [-0.05, 0) is 61.7 Å². The first-order valence-corrected chi connectivity index (χ1v) is 16.4. The van der Waals surface area contributed by atoms with Crippen LogP contribution < -0.4 is 9.62 Å². The summed E-state index contributed by atoms with van der Waals surface area (Å²) in [6.45, 7) is 5.33. The lowest BCUT2D eigenvalue weighted by molar-refractivity contribution is -0.140. The molecule has 0 fully saturated rings. The first-order valence-electron chi connectivity index (χ1n) is 14.6. The molecule has 4 rings (SSSR count). The number of rotatable bonds is 13. The molecule has 0 aliphatic rings. The zero-order chi connectivity index (χ0) is 31.7. The summed E-state index contributed by atoms with van der Waals surface area (Å²) >= 11 is 6.29. The van der Waals surface area contributed by atoms with Crippen molar-refractivity contribution >= 4 is 39.1 Å². The molecule has 0 heterocycles. The van der Waals surface area contributed by atoms with Gasteiger partial charge in [0.05, 0.1) is 10.6 Å². The van der Waals surface area contributed by atoms with Crippen molar-refractivity contribution in [2.24, 2.45) is 0 Å². The summed E-state index contributed by atoms with van der Waals surface area (Å²) < 4.78 is 29.2. The van der Waals surface area contributed by atoms with Crippen LogP contribution in [0.5, 0.6) is 0 Å². The Hall–Kier alpha value is -4.14. The third-order valence-corrected chi connectivity index (χ3v) is 9.48. The lowest BCUT2D eigenvalue weighted by atomic mass is 10.0. The van der Waals surface area contributed by atoms with Crippen molar-refractivity contribution in [2.45, 2.75) is 57.1 Å². The van der Waals surface area contributed by atoms with E-state index in [1.165, 1.54) is 23.1 Å². The van der Waals surface area contributed by atoms with Gasteiger partial charge in [-0.1, -0.05) is 103 Å². The molecule has 0 spiro atoms. The number of hydrogen-bond donors (Lipinski definition) is 1. The van der Waals surface area contributed by atoms with E-state index in [2.05, 4.69) is 5.32 Å². The van der Waals surface area contributed by atoms with Gasteiger partial charge in [0, 0.05) is 24.0 Å². The fourth-order valence-corrected chi connectivity index (χ4v) is 6.36. The van der Waals surface area contributed by atoms with E-state index in [1.54, 1.807) is 30.3 Å². The maximum atomic E-state index is 14.4. The molecule has 0 aliphatic heterocycles. The Morgan fingerprint density at radius 3 is 2.05 bits per heavy atom. The highest BCUT2D eigenvalue weighted by molar-refractivity contribution is 7.92. The molecule has 4 aromatic rings. The second kappa shape index (κ2) is 15.0. The van der Waals surface area contributed by atoms with Crippen LogP contribution in [0.15, 0.2) is 114 Å². The molecule has 0 aromatic heterocycles. The van der Waals surface area contributed by atoms with Crippen LogP contribution in [0.1, 0.15) is 37.0 Å². The summed E-state index contributed by atoms with van der Waals surface area (Å²) in [7, 11) is -4.19. The lowest BCUT2D eigenvalue weighted by Crippen LogP contribution is -2.54. The quantitative estimate of drug-likeness (QED) is 0.185. The molecule has 0 bridgehead atoms. The van der Waals surface area contributed by atoms with Gasteiger partial charge in [-0.25, -0.2) is 8.42 Å². The van der Waals surface area contributed by atoms with Gasteiger partial charge in [0.1, 0.15) is 12.6 Å². The fraction of sp³-hybridized carbons (Fsp3) is 0.257. The first-order chi connectivity index (χ1) is 21.1. The number of aryl methyl sites for hydroxylation is 1. The van der Waals surface area contributed by atoms with Crippen molar-refractivity contribution in [3.8, 4) is 0 Å². The molecule has 0 saturated carbocycles. The van der Waals surface area contributed by atoms with E-state index in [0.717, 1.165) is 21.0 Å². The zero-order valence-corrected chi connectivity index (χ0v) is 26.8. The average Bonchev–Trinajstić information content (AvgIpc) is 3.02. The number of anilines is 1. The van der Waals surface area contributed by atoms with E-state index in [9.17, 15) is 18.0 Å². The Morgan fingerprint density at radius 2 is 1.45 bits per heavy atom. The normalized spacial score (nSPS) is 12.6. The van der Waals surface area contributed by atoms with Gasteiger partial charge in [-0.15, -0.1) is 0 Å². The van der Waals surface area contributed by atoms with Gasteiger partial charge in [0.2, 0.25) is 11.8 Å². The minimum absolute atomic E-state index is 0.0424. The first kappa shape index (κ1) is 32.8. The van der Waals surface area contributed by atoms with Gasteiger partial charge >= 0.3 is 0 Å². The fourth-order valence-electron chi connectivity index (χ4n) is 4.77. The van der Waals surface area contributed by atoms with Crippen LogP contribution in [-0.4, -0.2) is 43.8 Å². The highest BCUT2D eigenvalue weighted by Gasteiger charge is 2.35. The minimum atomic E-state index is -4.19. The summed E-state index contributed by atoms with van der Waals surface area (Å²) in [5.41, 5.74) is 2.83. The molecule has 0 unspecified atom stereocenters. The van der Waals surface area contributed by atoms with Crippen molar-refractivity contribution in [1.29, 1.82) is 0 Å². The van der Waals surface area contributed by atoms with E-state index in [4.69, 9.17) is 11.6 Å². The number of sulfonamides is 1. The second-order valence-corrected chi connectivity index (χ2v) is 13.1. The van der Waals surface area contributed by atoms with Crippen molar-refractivity contribution < 1.29 is 18.0 Å². The maximum Gasteiger partial charge on any atom is 0.264 e. The standard InChI is InChI=1S/C35H38ClN3O4S/c1-4-27(3)37-35(41)33(22-28-12-7-5-8-13-28)38(24-29-14-9-6-10-15-29)34(40)25-39(31-17-11-16-30(36)23-31)44(42,43)32-20-18-26(2)19-21-32/h5-21,23,27,33H,4,22,24-25H2,1-3H3,(H,37,41)/t27-,33-/m1/s1. The topological polar surface area (TPSA) is 86.8 Å². The molecule has 4 aromatic carbocycles. The predicted octanol–water partition coefficient (Wildman–Crippen LogP) is 6.40. The van der Waals surface area contributed by atoms with Crippen LogP contribution in [0.25, 0.3) is 0 Å². The largest absolute Gasteiger partial charge is 0.352 e. The molecule has 44 heavy (non-hydrogen) atoms. The molecule has 0 radical (unpaired) electrons. The summed E-state index contributed by atoms with van der Waals surface area (Å²) in [5, 5.41) is 3.37. The van der Waals surface area contributed by atoms with Gasteiger partial charge < -0.3 is 10.2 Å². The summed E-state index contributed by atoms with van der Waals surface area (Å²) in [5.74, 6) is -0.826. The molecule has 0 saturated heterocycles. The third kappa shape index (κ3) is 8.49. The molecule has 2 amide bonds. The van der Waals surface area contributed by atoms with Gasteiger partial charge in [0.15, 0.2) is 0 Å². The summed E-state index contributed by atoms with van der Waals surface area (Å²) in [6.07, 6.45) is 0.970. The molecular weight excluding hydrogens is 594 g/mol. The van der Waals surface area contributed by atoms with E-state index >= 15 is 0 Å². The molecule has 230 valence electrons. The number of carbonyl (C=O) groups excluding carboxylic acids is 2. The summed E-state index contributed by atoms with van der Waals surface area (Å²) in [6, 6.07) is 30.7. The number of nitrogens with zero attached hydrogens (tertiary/aromatic N) is 2. The molecule has 1 N–H and O–H groups in total. The zero-order valence-electron chi connectivity index (χ0n) is 25.2. The van der Waals surface area contributed by atoms with E-state index in [0.29, 0.717) is 11.4 Å². The Balaban J connectivity index is 1.79. The molecule has 9 heteroatoms. The Morgan fingerprint density at radius 1 is 0.841 bits per heavy atom. The number of carbonyl (C=O) groups is 2. The van der Waals surface area contributed by atoms with Crippen molar-refractivity contribution in [3.05, 3.63) is 131 Å². The van der Waals surface area contributed by atoms with Crippen LogP contribution in [0.4, 0.5) is 5.69 Å². The predicted molar refractivity (Wildman–Crippen MR) is 176 cm³/mol. The smallest absolute Gasteiger partial charge is 0.264 e. The van der Waals surface area contributed by atoms with E-state index in [1.807, 2.05) is 81.4 Å². The van der Waals surface area contributed by atoms with E-state index in [-0.39, 0.29) is 35.5 Å². The van der Waals surface area contributed by atoms with Crippen LogP contribution in [-0.2, 0) is 32.6 Å². The van der Waals surface area contributed by atoms with Crippen molar-refractivity contribution in [3.63, 3.8) is 0 Å². The van der Waals surface area contributed by atoms with Gasteiger partial charge in [0.25, 0.3) is 10.0 Å². The second-order valence-electron chi connectivity index (χ2n) is 10.8. The number of halogens is 1. The monoisotopic (exact) mass is 631 g/mol. The van der Waals surface area contributed by atoms with Crippen molar-refractivity contribution in [1.82, 2.24) is 10.2 Å². The molecule has 0 aliphatic carbocycles. The Bertz CT molecular complexity index is 1650. The van der Waals surface area contributed by atoms with Crippen LogP contribution in [0.3, 0.4) is 0 Å². The lowest BCUT2D eigenvalue weighted by Gasteiger charge is -2.34. The number of amides is 2. The molecular formula is C35H38ClN3O4S. The minimum Gasteiger partial charge on any atom is -0.352 e. The number of hydrogen-bond acceptors (Lipinski definition) is 4. The number of benzene rings is 4. The van der Waals surface area contributed by atoms with Crippen LogP contribution >= 0.6 is 11.6 Å². The van der Waals surface area contributed by atoms with E-state index < -0.39 is 28.5 Å². The highest BCUT2D eigenvalue weighted by Crippen LogP contribution is 2.27. The Labute approximate surface area is 265 Å². The van der Waals surface area contributed by atoms with Crippen LogP contribution in [0.2, 0.25) is 5.02 Å². The average molecular weight is 632 g/mol. The molecule has 2 atom stereocenters. The summed E-state index contributed by atoms with van der Waals surface area (Å²) in [4.78, 5) is 29.8.